The molecule has 0 spiro atoms. The number of hydrogen-bond donors (Lipinski definition) is 3. The molecule has 0 aromatic heterocycles. The smallest absolute Gasteiger partial charge is 0.305 e. The summed E-state index contributed by atoms with van der Waals surface area (Å²) in [5.74, 6) is -0.0259. The van der Waals surface area contributed by atoms with Crippen LogP contribution < -0.4 is 5.32 Å². The Hall–Kier alpha value is -1.66. The summed E-state index contributed by atoms with van der Waals surface area (Å²) >= 11 is 0. The number of esters is 1. The van der Waals surface area contributed by atoms with Crippen LogP contribution in [0.5, 0.6) is 0 Å². The zero-order valence-corrected chi connectivity index (χ0v) is 54.3. The molecule has 0 fully saturated rings. The molecule has 474 valence electrons. The Morgan fingerprint density at radius 3 is 0.963 bits per heavy atom. The highest BCUT2D eigenvalue weighted by Crippen LogP contribution is 2.19. The second-order valence-electron chi connectivity index (χ2n) is 25.3. The van der Waals surface area contributed by atoms with E-state index in [0.29, 0.717) is 25.9 Å². The van der Waals surface area contributed by atoms with Gasteiger partial charge in [-0.05, 0) is 57.8 Å². The third-order valence-electron chi connectivity index (χ3n) is 17.3. The van der Waals surface area contributed by atoms with Crippen LogP contribution in [0.2, 0.25) is 0 Å². The Balaban J connectivity index is 3.37. The number of ether oxygens (including phenoxy) is 1. The summed E-state index contributed by atoms with van der Waals surface area (Å²) in [6.45, 7) is 4.97. The van der Waals surface area contributed by atoms with Gasteiger partial charge in [0.1, 0.15) is 0 Å². The SMILES string of the molecule is CCCCCC/C=C\C/C=C\CCCCCCCC(=O)OCCCCCCCCCCCCCCCCCCCCCCCCCCC(=O)NC(CO)C(O)CCCCCCCCCCCCCCCCCCCCCCCCC. The van der Waals surface area contributed by atoms with E-state index in [2.05, 4.69) is 43.5 Å². The van der Waals surface area contributed by atoms with Gasteiger partial charge in [0.05, 0.1) is 25.4 Å². The van der Waals surface area contributed by atoms with Crippen LogP contribution in [0.15, 0.2) is 24.3 Å². The summed E-state index contributed by atoms with van der Waals surface area (Å²) in [7, 11) is 0. The second kappa shape index (κ2) is 69.8. The summed E-state index contributed by atoms with van der Waals surface area (Å²) < 4.78 is 5.49. The van der Waals surface area contributed by atoms with Gasteiger partial charge in [-0.25, -0.2) is 0 Å². The van der Waals surface area contributed by atoms with Crippen molar-refractivity contribution in [1.29, 1.82) is 0 Å². The average molecular weight is 1130 g/mol. The Kier molecular flexibility index (Phi) is 68.4. The maximum Gasteiger partial charge on any atom is 0.305 e. The lowest BCUT2D eigenvalue weighted by atomic mass is 10.0. The first-order chi connectivity index (χ1) is 39.5. The van der Waals surface area contributed by atoms with Gasteiger partial charge in [-0.2, -0.15) is 0 Å². The Bertz CT molecular complexity index is 1250. The second-order valence-corrected chi connectivity index (χ2v) is 25.3. The van der Waals surface area contributed by atoms with Crippen LogP contribution in [-0.4, -0.2) is 47.4 Å². The normalized spacial score (nSPS) is 12.6. The van der Waals surface area contributed by atoms with Crippen LogP contribution >= 0.6 is 0 Å². The van der Waals surface area contributed by atoms with E-state index in [0.717, 1.165) is 51.4 Å². The number of allylic oxidation sites excluding steroid dienone is 4. The van der Waals surface area contributed by atoms with E-state index in [1.165, 1.54) is 327 Å². The molecule has 0 aliphatic rings. The molecule has 0 aliphatic carbocycles. The first kappa shape index (κ1) is 78.3. The molecule has 6 nitrogen and oxygen atoms in total. The predicted molar refractivity (Wildman–Crippen MR) is 352 cm³/mol. The molecule has 3 N–H and O–H groups in total. The zero-order valence-electron chi connectivity index (χ0n) is 54.3. The molecule has 80 heavy (non-hydrogen) atoms. The van der Waals surface area contributed by atoms with Crippen molar-refractivity contribution in [2.24, 2.45) is 0 Å². The lowest BCUT2D eigenvalue weighted by Crippen LogP contribution is -2.45. The van der Waals surface area contributed by atoms with Crippen molar-refractivity contribution in [1.82, 2.24) is 5.32 Å². The third-order valence-corrected chi connectivity index (χ3v) is 17.3. The number of rotatable bonds is 69. The molecule has 0 saturated heterocycles. The molecule has 0 aromatic carbocycles. The quantitative estimate of drug-likeness (QED) is 0.0320. The monoisotopic (exact) mass is 1130 g/mol. The molecule has 0 aliphatic heterocycles. The van der Waals surface area contributed by atoms with Crippen LogP contribution in [-0.2, 0) is 14.3 Å². The minimum absolute atomic E-state index is 0.00303. The molecule has 0 saturated carbocycles. The van der Waals surface area contributed by atoms with E-state index in [1.807, 2.05) is 0 Å². The Labute approximate surface area is 501 Å². The van der Waals surface area contributed by atoms with Crippen LogP contribution in [0, 0.1) is 0 Å². The largest absolute Gasteiger partial charge is 0.466 e. The summed E-state index contributed by atoms with van der Waals surface area (Å²) in [5.41, 5.74) is 0. The number of aliphatic hydroxyl groups is 2. The third kappa shape index (κ3) is 65.5. The van der Waals surface area contributed by atoms with E-state index in [-0.39, 0.29) is 18.5 Å². The number of aliphatic hydroxyl groups excluding tert-OH is 2. The Morgan fingerprint density at radius 2 is 0.625 bits per heavy atom. The lowest BCUT2D eigenvalue weighted by molar-refractivity contribution is -0.143. The molecule has 1 amide bonds. The van der Waals surface area contributed by atoms with Crippen molar-refractivity contribution in [3.05, 3.63) is 24.3 Å². The summed E-state index contributed by atoms with van der Waals surface area (Å²) in [5, 5.41) is 23.5. The van der Waals surface area contributed by atoms with E-state index >= 15 is 0 Å². The molecule has 0 bridgehead atoms. The van der Waals surface area contributed by atoms with Gasteiger partial charge in [-0.3, -0.25) is 9.59 Å². The van der Waals surface area contributed by atoms with Crippen LogP contribution in [0.4, 0.5) is 0 Å². The van der Waals surface area contributed by atoms with Gasteiger partial charge in [0.2, 0.25) is 5.91 Å². The zero-order chi connectivity index (χ0) is 57.8. The van der Waals surface area contributed by atoms with Gasteiger partial charge < -0.3 is 20.3 Å². The van der Waals surface area contributed by atoms with Crippen molar-refractivity contribution < 1.29 is 24.5 Å². The number of amides is 1. The van der Waals surface area contributed by atoms with E-state index < -0.39 is 12.1 Å². The minimum atomic E-state index is -0.665. The van der Waals surface area contributed by atoms with Gasteiger partial charge in [-0.1, -0.05) is 366 Å². The molecular weight excluding hydrogens is 983 g/mol. The van der Waals surface area contributed by atoms with Crippen LogP contribution in [0.25, 0.3) is 0 Å². The van der Waals surface area contributed by atoms with Gasteiger partial charge in [-0.15, -0.1) is 0 Å². The van der Waals surface area contributed by atoms with Gasteiger partial charge >= 0.3 is 5.97 Å². The van der Waals surface area contributed by atoms with Gasteiger partial charge in [0.25, 0.3) is 0 Å². The van der Waals surface area contributed by atoms with E-state index in [1.54, 1.807) is 0 Å². The molecule has 0 aromatic rings. The fourth-order valence-electron chi connectivity index (χ4n) is 11.7. The fourth-order valence-corrected chi connectivity index (χ4v) is 11.7. The highest BCUT2D eigenvalue weighted by atomic mass is 16.5. The van der Waals surface area contributed by atoms with Gasteiger partial charge in [0, 0.05) is 12.8 Å². The Morgan fingerprint density at radius 1 is 0.350 bits per heavy atom. The first-order valence-corrected chi connectivity index (χ1v) is 36.6. The molecule has 6 heteroatoms. The number of carbonyl (C=O) groups is 2. The number of hydrogen-bond acceptors (Lipinski definition) is 5. The topological polar surface area (TPSA) is 95.9 Å². The number of nitrogens with one attached hydrogen (secondary N) is 1. The standard InChI is InChI=1S/C74H143NO5/c1-3-5-7-9-11-13-15-17-19-21-22-23-26-29-32-35-38-42-46-50-54-58-62-66-72(77)71(70-76)75-73(78)67-63-59-55-51-47-43-39-36-33-30-27-24-25-28-31-34-37-41-45-49-53-57-61-65-69-80-74(79)68-64-60-56-52-48-44-40-20-18-16-14-12-10-8-6-4-2/h14,16,20,40,71-72,76-77H,3-13,15,17-19,21-39,41-70H2,1-2H3,(H,75,78)/b16-14-,40-20-. The number of carbonyl (C=O) groups excluding carboxylic acids is 2. The lowest BCUT2D eigenvalue weighted by Gasteiger charge is -2.22. The van der Waals surface area contributed by atoms with Crippen LogP contribution in [0.3, 0.4) is 0 Å². The molecular formula is C74H143NO5. The van der Waals surface area contributed by atoms with Crippen molar-refractivity contribution >= 4 is 11.9 Å². The summed E-state index contributed by atoms with van der Waals surface area (Å²) in [6, 6.07) is -0.542. The highest BCUT2D eigenvalue weighted by Gasteiger charge is 2.20. The highest BCUT2D eigenvalue weighted by molar-refractivity contribution is 5.76. The molecule has 2 unspecified atom stereocenters. The predicted octanol–water partition coefficient (Wildman–Crippen LogP) is 23.7. The molecule has 0 radical (unpaired) electrons. The number of unbranched alkanes of at least 4 members (excludes halogenated alkanes) is 54. The van der Waals surface area contributed by atoms with Crippen molar-refractivity contribution in [3.63, 3.8) is 0 Å². The van der Waals surface area contributed by atoms with Gasteiger partial charge in [0.15, 0.2) is 0 Å². The molecule has 2 atom stereocenters. The fraction of sp³-hybridized carbons (Fsp3) is 0.919. The maximum absolute atomic E-state index is 12.6. The van der Waals surface area contributed by atoms with Crippen LogP contribution in [0.1, 0.15) is 412 Å². The van der Waals surface area contributed by atoms with Crippen molar-refractivity contribution in [2.75, 3.05) is 13.2 Å². The molecule has 0 rings (SSSR count). The maximum atomic E-state index is 12.6. The summed E-state index contributed by atoms with van der Waals surface area (Å²) in [4.78, 5) is 24.6. The minimum Gasteiger partial charge on any atom is -0.466 e. The molecule has 0 heterocycles. The van der Waals surface area contributed by atoms with Crippen molar-refractivity contribution in [2.45, 2.75) is 424 Å². The summed E-state index contributed by atoms with van der Waals surface area (Å²) in [6.07, 6.45) is 88.0. The van der Waals surface area contributed by atoms with E-state index in [4.69, 9.17) is 4.74 Å². The van der Waals surface area contributed by atoms with E-state index in [9.17, 15) is 19.8 Å². The van der Waals surface area contributed by atoms with Crippen molar-refractivity contribution in [3.8, 4) is 0 Å². The first-order valence-electron chi connectivity index (χ1n) is 36.6. The average Bonchev–Trinajstić information content (AvgIpc) is 3.46.